The molecule has 1 unspecified atom stereocenters. The van der Waals surface area contributed by atoms with Gasteiger partial charge in [-0.1, -0.05) is 17.7 Å². The van der Waals surface area contributed by atoms with Crippen molar-refractivity contribution in [1.82, 2.24) is 4.98 Å². The largest absolute Gasteiger partial charge is 0.488 e. The Morgan fingerprint density at radius 1 is 1.20 bits per heavy atom. The van der Waals surface area contributed by atoms with Gasteiger partial charge in [0.1, 0.15) is 12.4 Å². The number of benzene rings is 2. The molecular weight excluding hydrogens is 512 g/mol. The number of carbonyl (C=O) groups excluding carboxylic acids is 1. The van der Waals surface area contributed by atoms with Crippen molar-refractivity contribution in [1.29, 1.82) is 0 Å². The van der Waals surface area contributed by atoms with E-state index in [1.165, 1.54) is 18.3 Å². The maximum absolute atomic E-state index is 13.4. The average Bonchev–Trinajstić information content (AvgIpc) is 2.78. The summed E-state index contributed by atoms with van der Waals surface area (Å²) in [7, 11) is -4.17. The van der Waals surface area contributed by atoms with Gasteiger partial charge in [0.2, 0.25) is 0 Å². The standard InChI is InChI=1S/C23H17ClF4N2O4S/c1-13-12-34-21-11-29-15(10-20(31)22-17(23(26,27)28)3-2-4-18(22)24)9-19(21)30(13)35(32,33)16-7-5-14(25)6-8-16/h2-9,11,13H,10,12H2,1H3. The predicted octanol–water partition coefficient (Wildman–Crippen LogP) is 5.29. The molecule has 1 aliphatic heterocycles. The lowest BCUT2D eigenvalue weighted by Gasteiger charge is -2.35. The highest BCUT2D eigenvalue weighted by Crippen LogP contribution is 2.39. The minimum atomic E-state index is -4.80. The van der Waals surface area contributed by atoms with E-state index in [-0.39, 0.29) is 33.7 Å². The van der Waals surface area contributed by atoms with Gasteiger partial charge in [-0.3, -0.25) is 14.1 Å². The Labute approximate surface area is 203 Å². The molecule has 0 aliphatic carbocycles. The molecule has 2 aromatic carbocycles. The predicted molar refractivity (Wildman–Crippen MR) is 120 cm³/mol. The van der Waals surface area contributed by atoms with Crippen LogP contribution in [-0.2, 0) is 22.6 Å². The summed E-state index contributed by atoms with van der Waals surface area (Å²) in [6, 6.07) is 7.88. The third-order valence-electron chi connectivity index (χ3n) is 5.33. The number of alkyl halides is 3. The molecular formula is C23H17ClF4N2O4S. The lowest BCUT2D eigenvalue weighted by Crippen LogP contribution is -2.45. The van der Waals surface area contributed by atoms with Crippen LogP contribution < -0.4 is 9.04 Å². The van der Waals surface area contributed by atoms with Gasteiger partial charge in [-0.05, 0) is 49.4 Å². The van der Waals surface area contributed by atoms with Crippen molar-refractivity contribution in [2.75, 3.05) is 10.9 Å². The first-order valence-electron chi connectivity index (χ1n) is 10.2. The van der Waals surface area contributed by atoms with Crippen molar-refractivity contribution < 1.29 is 35.5 Å². The molecule has 0 fully saturated rings. The van der Waals surface area contributed by atoms with E-state index in [9.17, 15) is 30.8 Å². The van der Waals surface area contributed by atoms with Crippen molar-refractivity contribution in [3.05, 3.63) is 82.4 Å². The Hall–Kier alpha value is -3.18. The molecule has 12 heteroatoms. The van der Waals surface area contributed by atoms with Gasteiger partial charge in [0, 0.05) is 5.56 Å². The van der Waals surface area contributed by atoms with Crippen molar-refractivity contribution in [2.24, 2.45) is 0 Å². The molecule has 6 nitrogen and oxygen atoms in total. The van der Waals surface area contributed by atoms with Gasteiger partial charge < -0.3 is 4.74 Å². The average molecular weight is 529 g/mol. The van der Waals surface area contributed by atoms with Gasteiger partial charge in [-0.15, -0.1) is 0 Å². The van der Waals surface area contributed by atoms with E-state index < -0.39 is 51.4 Å². The molecule has 3 aromatic rings. The van der Waals surface area contributed by atoms with Gasteiger partial charge >= 0.3 is 6.18 Å². The summed E-state index contributed by atoms with van der Waals surface area (Å²) >= 11 is 5.92. The quantitative estimate of drug-likeness (QED) is 0.332. The first-order valence-corrected chi connectivity index (χ1v) is 12.0. The van der Waals surface area contributed by atoms with Crippen LogP contribution in [0.1, 0.15) is 28.5 Å². The third-order valence-corrected chi connectivity index (χ3v) is 7.59. The molecule has 35 heavy (non-hydrogen) atoms. The van der Waals surface area contributed by atoms with Crippen LogP contribution in [0.5, 0.6) is 5.75 Å². The molecule has 4 rings (SSSR count). The van der Waals surface area contributed by atoms with Gasteiger partial charge in [0.15, 0.2) is 11.5 Å². The molecule has 0 bridgehead atoms. The van der Waals surface area contributed by atoms with Crippen molar-refractivity contribution in [3.63, 3.8) is 0 Å². The van der Waals surface area contributed by atoms with Crippen LogP contribution in [0.25, 0.3) is 0 Å². The first kappa shape index (κ1) is 24.9. The molecule has 0 radical (unpaired) electrons. The number of rotatable bonds is 5. The van der Waals surface area contributed by atoms with Gasteiger partial charge in [0.05, 0.1) is 45.5 Å². The van der Waals surface area contributed by atoms with Crippen LogP contribution in [0.15, 0.2) is 59.6 Å². The van der Waals surface area contributed by atoms with Gasteiger partial charge in [-0.2, -0.15) is 13.2 Å². The number of halogens is 5. The molecule has 0 saturated heterocycles. The van der Waals surface area contributed by atoms with Gasteiger partial charge in [-0.25, -0.2) is 12.8 Å². The second-order valence-electron chi connectivity index (χ2n) is 7.82. The lowest BCUT2D eigenvalue weighted by atomic mass is 9.99. The fraction of sp³-hybridized carbons (Fsp3) is 0.217. The van der Waals surface area contributed by atoms with Crippen LogP contribution in [0.2, 0.25) is 5.02 Å². The highest BCUT2D eigenvalue weighted by molar-refractivity contribution is 7.92. The Morgan fingerprint density at radius 3 is 2.54 bits per heavy atom. The summed E-state index contributed by atoms with van der Waals surface area (Å²) in [6.07, 6.45) is -4.17. The summed E-state index contributed by atoms with van der Waals surface area (Å²) in [4.78, 5) is 16.7. The number of pyridine rings is 1. The van der Waals surface area contributed by atoms with Gasteiger partial charge in [0.25, 0.3) is 10.0 Å². The molecule has 0 amide bonds. The fourth-order valence-corrected chi connectivity index (χ4v) is 5.68. The highest BCUT2D eigenvalue weighted by atomic mass is 35.5. The summed E-state index contributed by atoms with van der Waals surface area (Å²) in [5.74, 6) is -1.44. The molecule has 0 spiro atoms. The molecule has 1 aromatic heterocycles. The molecule has 1 atom stereocenters. The zero-order chi connectivity index (χ0) is 25.5. The van der Waals surface area contributed by atoms with Crippen molar-refractivity contribution in [3.8, 4) is 5.75 Å². The van der Waals surface area contributed by atoms with E-state index in [0.717, 1.165) is 40.7 Å². The van der Waals surface area contributed by atoms with E-state index in [0.29, 0.717) is 0 Å². The number of carbonyl (C=O) groups is 1. The van der Waals surface area contributed by atoms with Crippen LogP contribution in [0.3, 0.4) is 0 Å². The Kier molecular flexibility index (Phi) is 6.50. The zero-order valence-corrected chi connectivity index (χ0v) is 19.6. The smallest absolute Gasteiger partial charge is 0.417 e. The second kappa shape index (κ2) is 9.12. The number of sulfonamides is 1. The Bertz CT molecular complexity index is 1400. The van der Waals surface area contributed by atoms with E-state index in [1.54, 1.807) is 6.92 Å². The molecule has 0 saturated carbocycles. The Balaban J connectivity index is 1.73. The van der Waals surface area contributed by atoms with E-state index in [1.807, 2.05) is 0 Å². The summed E-state index contributed by atoms with van der Waals surface area (Å²) < 4.78 is 86.9. The van der Waals surface area contributed by atoms with Crippen LogP contribution in [0, 0.1) is 5.82 Å². The maximum Gasteiger partial charge on any atom is 0.417 e. The zero-order valence-electron chi connectivity index (χ0n) is 18.0. The SMILES string of the molecule is CC1COc2cnc(CC(=O)c3c(Cl)cccc3C(F)(F)F)cc2N1S(=O)(=O)c1ccc(F)cc1. The maximum atomic E-state index is 13.4. The number of anilines is 1. The first-order chi connectivity index (χ1) is 16.4. The number of hydrogen-bond acceptors (Lipinski definition) is 5. The number of hydrogen-bond donors (Lipinski definition) is 0. The molecule has 2 heterocycles. The number of ketones is 1. The van der Waals surface area contributed by atoms with E-state index in [4.69, 9.17) is 16.3 Å². The molecule has 1 aliphatic rings. The van der Waals surface area contributed by atoms with Crippen LogP contribution >= 0.6 is 11.6 Å². The number of nitrogens with zero attached hydrogens (tertiary/aromatic N) is 2. The summed E-state index contributed by atoms with van der Waals surface area (Å²) in [5.41, 5.74) is -1.80. The summed E-state index contributed by atoms with van der Waals surface area (Å²) in [6.45, 7) is 1.59. The summed E-state index contributed by atoms with van der Waals surface area (Å²) in [5, 5.41) is -0.361. The van der Waals surface area contributed by atoms with E-state index >= 15 is 0 Å². The fourth-order valence-electron chi connectivity index (χ4n) is 3.75. The highest BCUT2D eigenvalue weighted by Gasteiger charge is 2.38. The number of aromatic nitrogens is 1. The number of Topliss-reactive ketones (excluding diaryl/α,β-unsaturated/α-hetero) is 1. The third kappa shape index (κ3) is 4.83. The van der Waals surface area contributed by atoms with Crippen LogP contribution in [0.4, 0.5) is 23.2 Å². The monoisotopic (exact) mass is 528 g/mol. The van der Waals surface area contributed by atoms with E-state index in [2.05, 4.69) is 4.98 Å². The number of ether oxygens (including phenoxy) is 1. The second-order valence-corrected chi connectivity index (χ2v) is 10.0. The normalized spacial score (nSPS) is 15.9. The molecule has 0 N–H and O–H groups in total. The number of fused-ring (bicyclic) bond motifs is 1. The Morgan fingerprint density at radius 2 is 1.89 bits per heavy atom. The van der Waals surface area contributed by atoms with Crippen molar-refractivity contribution in [2.45, 2.75) is 30.5 Å². The minimum Gasteiger partial charge on any atom is -0.488 e. The topological polar surface area (TPSA) is 76.6 Å². The lowest BCUT2D eigenvalue weighted by molar-refractivity contribution is -0.137. The minimum absolute atomic E-state index is 0.00193. The molecule has 184 valence electrons. The van der Waals surface area contributed by atoms with Crippen LogP contribution in [-0.4, -0.2) is 31.8 Å². The van der Waals surface area contributed by atoms with Crippen molar-refractivity contribution >= 4 is 33.1 Å².